The Labute approximate surface area is 105 Å². The third-order valence-corrected chi connectivity index (χ3v) is 2.43. The smallest absolute Gasteiger partial charge is 0.154 e. The second-order valence-corrected chi connectivity index (χ2v) is 3.80. The average Bonchev–Trinajstić information content (AvgIpc) is 2.89. The number of carbonyl (C=O) groups is 1. The number of nitrogens with zero attached hydrogens (tertiary/aromatic N) is 3. The van der Waals surface area contributed by atoms with Gasteiger partial charge in [0.1, 0.15) is 0 Å². The van der Waals surface area contributed by atoms with Gasteiger partial charge in [0.25, 0.3) is 0 Å². The van der Waals surface area contributed by atoms with Crippen LogP contribution in [-0.4, -0.2) is 15.3 Å². The minimum atomic E-state index is -0.0388. The molecule has 18 heavy (non-hydrogen) atoms. The number of hydrogen-bond acceptors (Lipinski definition) is 3. The lowest BCUT2D eigenvalue weighted by Gasteiger charge is -2.08. The summed E-state index contributed by atoms with van der Waals surface area (Å²) in [6.45, 7) is 1.50. The molecule has 0 bridgehead atoms. The van der Waals surface area contributed by atoms with Gasteiger partial charge in [0.2, 0.25) is 0 Å². The molecule has 1 aromatic heterocycles. The van der Waals surface area contributed by atoms with Gasteiger partial charge in [-0.15, -0.1) is 0 Å². The Morgan fingerprint density at radius 2 is 2.11 bits per heavy atom. The first-order valence-electron chi connectivity index (χ1n) is 5.42. The van der Waals surface area contributed by atoms with Gasteiger partial charge >= 0.3 is 0 Å². The molecule has 0 amide bonds. The van der Waals surface area contributed by atoms with Crippen LogP contribution in [0.25, 0.3) is 5.70 Å². The maximum atomic E-state index is 11.3. The van der Waals surface area contributed by atoms with E-state index in [4.69, 9.17) is 5.26 Å². The fraction of sp³-hybridized carbons (Fsp3) is 0.0714. The van der Waals surface area contributed by atoms with Crippen LogP contribution in [0.4, 0.5) is 0 Å². The number of carbonyl (C=O) groups excluding carboxylic acids is 1. The van der Waals surface area contributed by atoms with Crippen molar-refractivity contribution in [2.75, 3.05) is 0 Å². The number of ketones is 1. The molecule has 0 saturated carbocycles. The van der Waals surface area contributed by atoms with E-state index in [1.54, 1.807) is 41.5 Å². The summed E-state index contributed by atoms with van der Waals surface area (Å²) >= 11 is 0. The third-order valence-electron chi connectivity index (χ3n) is 2.43. The summed E-state index contributed by atoms with van der Waals surface area (Å²) in [6.07, 6.45) is 6.60. The zero-order chi connectivity index (χ0) is 13.0. The van der Waals surface area contributed by atoms with Gasteiger partial charge in [-0.3, -0.25) is 4.79 Å². The highest BCUT2D eigenvalue weighted by molar-refractivity contribution is 5.95. The lowest BCUT2D eigenvalue weighted by molar-refractivity contribution is -0.112. The molecule has 4 heteroatoms. The summed E-state index contributed by atoms with van der Waals surface area (Å²) < 4.78 is 1.77. The van der Waals surface area contributed by atoms with Crippen molar-refractivity contribution in [2.24, 2.45) is 0 Å². The fourth-order valence-corrected chi connectivity index (χ4v) is 1.62. The molecule has 0 aliphatic heterocycles. The largest absolute Gasteiger partial charge is 0.306 e. The van der Waals surface area contributed by atoms with E-state index in [0.29, 0.717) is 5.56 Å². The Hall–Kier alpha value is -2.67. The molecule has 4 nitrogen and oxygen atoms in total. The van der Waals surface area contributed by atoms with Gasteiger partial charge in [0.15, 0.2) is 5.78 Å². The topological polar surface area (TPSA) is 58.7 Å². The molecule has 0 aliphatic carbocycles. The molecule has 0 fully saturated rings. The van der Waals surface area contributed by atoms with E-state index in [-0.39, 0.29) is 5.78 Å². The standard InChI is InChI=1S/C14H11N3O/c1-11(18)8-14(17-7-6-16-10-17)13-4-2-12(9-15)3-5-13/h2-8,10H,1H3. The summed E-state index contributed by atoms with van der Waals surface area (Å²) in [6, 6.07) is 9.13. The molecule has 0 radical (unpaired) electrons. The van der Waals surface area contributed by atoms with Crippen molar-refractivity contribution in [1.82, 2.24) is 9.55 Å². The molecular weight excluding hydrogens is 226 g/mol. The van der Waals surface area contributed by atoms with E-state index in [9.17, 15) is 4.79 Å². The van der Waals surface area contributed by atoms with Crippen LogP contribution in [0.3, 0.4) is 0 Å². The Morgan fingerprint density at radius 3 is 2.61 bits per heavy atom. The first kappa shape index (κ1) is 11.8. The Morgan fingerprint density at radius 1 is 1.39 bits per heavy atom. The number of allylic oxidation sites excluding steroid dienone is 1. The van der Waals surface area contributed by atoms with Crippen molar-refractivity contribution >= 4 is 11.5 Å². The van der Waals surface area contributed by atoms with E-state index in [1.165, 1.54) is 6.92 Å². The van der Waals surface area contributed by atoms with Gasteiger partial charge < -0.3 is 4.57 Å². The molecule has 1 aromatic carbocycles. The van der Waals surface area contributed by atoms with Gasteiger partial charge in [0.05, 0.1) is 23.7 Å². The quantitative estimate of drug-likeness (QED) is 0.769. The van der Waals surface area contributed by atoms with Gasteiger partial charge in [-0.1, -0.05) is 12.1 Å². The Balaban J connectivity index is 2.47. The zero-order valence-electron chi connectivity index (χ0n) is 9.87. The minimum absolute atomic E-state index is 0.0388. The van der Waals surface area contributed by atoms with Crippen molar-refractivity contribution in [3.8, 4) is 6.07 Å². The Kier molecular flexibility index (Phi) is 3.35. The highest BCUT2D eigenvalue weighted by Gasteiger charge is 2.05. The molecule has 0 spiro atoms. The number of nitriles is 1. The number of benzene rings is 1. The van der Waals surface area contributed by atoms with Crippen molar-refractivity contribution < 1.29 is 4.79 Å². The summed E-state index contributed by atoms with van der Waals surface area (Å²) in [7, 11) is 0. The van der Waals surface area contributed by atoms with E-state index >= 15 is 0 Å². The van der Waals surface area contributed by atoms with Crippen molar-refractivity contribution in [3.63, 3.8) is 0 Å². The van der Waals surface area contributed by atoms with Gasteiger partial charge in [-0.2, -0.15) is 5.26 Å². The second kappa shape index (κ2) is 5.11. The molecule has 1 heterocycles. The molecule has 88 valence electrons. The third kappa shape index (κ3) is 2.53. The number of imidazole rings is 1. The number of aromatic nitrogens is 2. The Bertz CT molecular complexity index is 616. The summed E-state index contributed by atoms with van der Waals surface area (Å²) in [4.78, 5) is 15.3. The number of hydrogen-bond donors (Lipinski definition) is 0. The highest BCUT2D eigenvalue weighted by atomic mass is 16.1. The summed E-state index contributed by atoms with van der Waals surface area (Å²) in [5.41, 5.74) is 2.19. The summed E-state index contributed by atoms with van der Waals surface area (Å²) in [5.74, 6) is -0.0388. The highest BCUT2D eigenvalue weighted by Crippen LogP contribution is 2.17. The average molecular weight is 237 g/mol. The molecule has 2 aromatic rings. The van der Waals surface area contributed by atoms with Gasteiger partial charge in [-0.25, -0.2) is 4.98 Å². The second-order valence-electron chi connectivity index (χ2n) is 3.80. The van der Waals surface area contributed by atoms with Crippen LogP contribution in [0, 0.1) is 11.3 Å². The molecular formula is C14H11N3O. The van der Waals surface area contributed by atoms with Crippen LogP contribution >= 0.6 is 0 Å². The van der Waals surface area contributed by atoms with Crippen LogP contribution < -0.4 is 0 Å². The molecule has 0 N–H and O–H groups in total. The normalized spacial score (nSPS) is 11.0. The molecule has 0 saturated heterocycles. The van der Waals surface area contributed by atoms with Crippen molar-refractivity contribution in [3.05, 3.63) is 60.2 Å². The summed E-state index contributed by atoms with van der Waals surface area (Å²) in [5, 5.41) is 8.76. The molecule has 2 rings (SSSR count). The van der Waals surface area contributed by atoms with Gasteiger partial charge in [-0.05, 0) is 24.6 Å². The van der Waals surface area contributed by atoms with E-state index < -0.39 is 0 Å². The van der Waals surface area contributed by atoms with Crippen LogP contribution in [0.1, 0.15) is 18.1 Å². The van der Waals surface area contributed by atoms with Gasteiger partial charge in [0, 0.05) is 18.5 Å². The first-order valence-corrected chi connectivity index (χ1v) is 5.42. The zero-order valence-corrected chi connectivity index (χ0v) is 9.87. The fourth-order valence-electron chi connectivity index (χ4n) is 1.62. The maximum Gasteiger partial charge on any atom is 0.154 e. The molecule has 0 unspecified atom stereocenters. The predicted molar refractivity (Wildman–Crippen MR) is 67.4 cm³/mol. The maximum absolute atomic E-state index is 11.3. The van der Waals surface area contributed by atoms with Crippen LogP contribution in [0.5, 0.6) is 0 Å². The minimum Gasteiger partial charge on any atom is -0.306 e. The van der Waals surface area contributed by atoms with Crippen LogP contribution in [0.2, 0.25) is 0 Å². The van der Waals surface area contributed by atoms with Crippen LogP contribution in [-0.2, 0) is 4.79 Å². The van der Waals surface area contributed by atoms with E-state index in [2.05, 4.69) is 11.1 Å². The van der Waals surface area contributed by atoms with E-state index in [1.807, 2.05) is 12.1 Å². The first-order chi connectivity index (χ1) is 8.70. The van der Waals surface area contributed by atoms with Crippen molar-refractivity contribution in [1.29, 1.82) is 5.26 Å². The SMILES string of the molecule is CC(=O)C=C(c1ccc(C#N)cc1)n1ccnc1. The molecule has 0 atom stereocenters. The molecule has 0 aliphatic rings. The van der Waals surface area contributed by atoms with Crippen molar-refractivity contribution in [2.45, 2.75) is 6.92 Å². The monoisotopic (exact) mass is 237 g/mol. The lowest BCUT2D eigenvalue weighted by atomic mass is 10.1. The lowest BCUT2D eigenvalue weighted by Crippen LogP contribution is -1.99. The predicted octanol–water partition coefficient (Wildman–Crippen LogP) is 2.23. The van der Waals surface area contributed by atoms with E-state index in [0.717, 1.165) is 11.3 Å². The number of rotatable bonds is 3. The van der Waals surface area contributed by atoms with Crippen LogP contribution in [0.15, 0.2) is 49.1 Å².